The minimum Gasteiger partial charge on any atom is -0.463 e. The molecule has 4 rings (SSSR count). The maximum absolute atomic E-state index is 12.5. The standard InChI is InChI=1S/C19H15N5O2/c1-13-15(5-6-16(22-13)17-3-2-10-26-17)19(25)23-14-4-7-18(21-11-14)24-9-8-20-12-24/h2-12H,1H3,(H,23,25). The highest BCUT2D eigenvalue weighted by molar-refractivity contribution is 6.05. The molecule has 4 aromatic rings. The quantitative estimate of drug-likeness (QED) is 0.612. The molecule has 0 saturated heterocycles. The summed E-state index contributed by atoms with van der Waals surface area (Å²) in [5, 5.41) is 2.84. The molecule has 7 nitrogen and oxygen atoms in total. The van der Waals surface area contributed by atoms with E-state index in [9.17, 15) is 4.79 Å². The highest BCUT2D eigenvalue weighted by Gasteiger charge is 2.13. The van der Waals surface area contributed by atoms with E-state index < -0.39 is 0 Å². The van der Waals surface area contributed by atoms with Crippen LogP contribution in [0.3, 0.4) is 0 Å². The summed E-state index contributed by atoms with van der Waals surface area (Å²) in [4.78, 5) is 25.3. The van der Waals surface area contributed by atoms with Gasteiger partial charge >= 0.3 is 0 Å². The van der Waals surface area contributed by atoms with Gasteiger partial charge in [0, 0.05) is 12.4 Å². The van der Waals surface area contributed by atoms with Crippen LogP contribution >= 0.6 is 0 Å². The SMILES string of the molecule is Cc1nc(-c2ccco2)ccc1C(=O)Nc1ccc(-n2ccnc2)nc1. The lowest BCUT2D eigenvalue weighted by Crippen LogP contribution is -2.14. The molecule has 4 aromatic heterocycles. The van der Waals surface area contributed by atoms with Crippen molar-refractivity contribution in [2.75, 3.05) is 5.32 Å². The number of amides is 1. The predicted molar refractivity (Wildman–Crippen MR) is 96.0 cm³/mol. The molecule has 4 heterocycles. The molecule has 0 fully saturated rings. The molecule has 7 heteroatoms. The van der Waals surface area contributed by atoms with Crippen molar-refractivity contribution in [3.8, 4) is 17.3 Å². The average molecular weight is 345 g/mol. The number of carbonyl (C=O) groups excluding carboxylic acids is 1. The van der Waals surface area contributed by atoms with Gasteiger partial charge in [-0.15, -0.1) is 0 Å². The molecular formula is C19H15N5O2. The summed E-state index contributed by atoms with van der Waals surface area (Å²) in [6, 6.07) is 10.7. The second kappa shape index (κ2) is 6.64. The normalized spacial score (nSPS) is 10.7. The van der Waals surface area contributed by atoms with Crippen LogP contribution in [-0.2, 0) is 0 Å². The Labute approximate surface area is 149 Å². The van der Waals surface area contributed by atoms with E-state index in [1.165, 1.54) is 0 Å². The predicted octanol–water partition coefficient (Wildman–Crippen LogP) is 3.48. The molecule has 1 amide bonds. The lowest BCUT2D eigenvalue weighted by Gasteiger charge is -2.09. The number of imidazole rings is 1. The fourth-order valence-electron chi connectivity index (χ4n) is 2.57. The first-order valence-electron chi connectivity index (χ1n) is 7.98. The van der Waals surface area contributed by atoms with E-state index in [1.54, 1.807) is 66.9 Å². The first kappa shape index (κ1) is 15.8. The second-order valence-electron chi connectivity index (χ2n) is 5.64. The molecule has 0 aromatic carbocycles. The lowest BCUT2D eigenvalue weighted by atomic mass is 10.1. The second-order valence-corrected chi connectivity index (χ2v) is 5.64. The molecule has 128 valence electrons. The third kappa shape index (κ3) is 3.10. The molecule has 0 bridgehead atoms. The number of hydrogen-bond acceptors (Lipinski definition) is 5. The van der Waals surface area contributed by atoms with Gasteiger partial charge in [-0.2, -0.15) is 0 Å². The van der Waals surface area contributed by atoms with Gasteiger partial charge < -0.3 is 9.73 Å². The highest BCUT2D eigenvalue weighted by atomic mass is 16.3. The van der Waals surface area contributed by atoms with Crippen LogP contribution in [0.2, 0.25) is 0 Å². The Morgan fingerprint density at radius 2 is 2.12 bits per heavy atom. The molecule has 0 aliphatic rings. The van der Waals surface area contributed by atoms with Crippen LogP contribution in [-0.4, -0.2) is 25.4 Å². The Balaban J connectivity index is 1.51. The third-order valence-corrected chi connectivity index (χ3v) is 3.88. The number of aromatic nitrogens is 4. The zero-order chi connectivity index (χ0) is 17.9. The van der Waals surface area contributed by atoms with E-state index in [0.717, 1.165) is 5.82 Å². The molecule has 0 spiro atoms. The smallest absolute Gasteiger partial charge is 0.257 e. The molecule has 0 saturated carbocycles. The molecular weight excluding hydrogens is 330 g/mol. The summed E-state index contributed by atoms with van der Waals surface area (Å²) in [7, 11) is 0. The number of anilines is 1. The topological polar surface area (TPSA) is 85.8 Å². The minimum absolute atomic E-state index is 0.238. The number of aryl methyl sites for hydroxylation is 1. The first-order valence-corrected chi connectivity index (χ1v) is 7.98. The van der Waals surface area contributed by atoms with Crippen molar-refractivity contribution in [2.24, 2.45) is 0 Å². The summed E-state index contributed by atoms with van der Waals surface area (Å²) in [6.07, 6.45) is 8.34. The Kier molecular flexibility index (Phi) is 4.03. The molecule has 0 aliphatic carbocycles. The van der Waals surface area contributed by atoms with E-state index in [1.807, 2.05) is 12.1 Å². The first-order chi connectivity index (χ1) is 12.7. The van der Waals surface area contributed by atoms with E-state index in [4.69, 9.17) is 4.42 Å². The molecule has 0 unspecified atom stereocenters. The van der Waals surface area contributed by atoms with Crippen LogP contribution in [0.5, 0.6) is 0 Å². The Hall–Kier alpha value is -3.74. The van der Waals surface area contributed by atoms with Crippen LogP contribution in [0.4, 0.5) is 5.69 Å². The molecule has 1 N–H and O–H groups in total. The zero-order valence-electron chi connectivity index (χ0n) is 14.0. The Bertz CT molecular complexity index is 1020. The zero-order valence-corrected chi connectivity index (χ0v) is 14.0. The van der Waals surface area contributed by atoms with Crippen molar-refractivity contribution in [2.45, 2.75) is 6.92 Å². The van der Waals surface area contributed by atoms with E-state index in [0.29, 0.717) is 28.4 Å². The fraction of sp³-hybridized carbons (Fsp3) is 0.0526. The van der Waals surface area contributed by atoms with Gasteiger partial charge in [-0.05, 0) is 43.3 Å². The van der Waals surface area contributed by atoms with Gasteiger partial charge in [-0.3, -0.25) is 9.36 Å². The number of furan rings is 1. The van der Waals surface area contributed by atoms with E-state index in [-0.39, 0.29) is 5.91 Å². The summed E-state index contributed by atoms with van der Waals surface area (Å²) >= 11 is 0. The number of nitrogens with one attached hydrogen (secondary N) is 1. The van der Waals surface area contributed by atoms with E-state index in [2.05, 4.69) is 20.3 Å². The van der Waals surface area contributed by atoms with Gasteiger partial charge in [0.25, 0.3) is 5.91 Å². The molecule has 26 heavy (non-hydrogen) atoms. The van der Waals surface area contributed by atoms with Crippen LogP contribution in [0.15, 0.2) is 72.0 Å². The number of rotatable bonds is 4. The van der Waals surface area contributed by atoms with Crippen LogP contribution in [0.1, 0.15) is 16.1 Å². The molecule has 0 radical (unpaired) electrons. The summed E-state index contributed by atoms with van der Waals surface area (Å²) in [6.45, 7) is 1.79. The summed E-state index contributed by atoms with van der Waals surface area (Å²) in [5.41, 5.74) is 2.42. The van der Waals surface area contributed by atoms with Crippen LogP contribution < -0.4 is 5.32 Å². The largest absolute Gasteiger partial charge is 0.463 e. The van der Waals surface area contributed by atoms with Crippen LogP contribution in [0, 0.1) is 6.92 Å². The van der Waals surface area contributed by atoms with Crippen molar-refractivity contribution in [1.29, 1.82) is 0 Å². The van der Waals surface area contributed by atoms with Gasteiger partial charge in [0.15, 0.2) is 5.76 Å². The van der Waals surface area contributed by atoms with Gasteiger partial charge in [-0.25, -0.2) is 15.0 Å². The lowest BCUT2D eigenvalue weighted by molar-refractivity contribution is 0.102. The fourth-order valence-corrected chi connectivity index (χ4v) is 2.57. The Morgan fingerprint density at radius 3 is 2.77 bits per heavy atom. The third-order valence-electron chi connectivity index (χ3n) is 3.88. The molecule has 0 aliphatic heterocycles. The van der Waals surface area contributed by atoms with Gasteiger partial charge in [0.1, 0.15) is 17.8 Å². The Morgan fingerprint density at radius 1 is 1.19 bits per heavy atom. The maximum Gasteiger partial charge on any atom is 0.257 e. The summed E-state index contributed by atoms with van der Waals surface area (Å²) < 4.78 is 7.12. The maximum atomic E-state index is 12.5. The molecule has 0 atom stereocenters. The van der Waals surface area contributed by atoms with Gasteiger partial charge in [0.05, 0.1) is 29.4 Å². The minimum atomic E-state index is -0.238. The van der Waals surface area contributed by atoms with Crippen molar-refractivity contribution >= 4 is 11.6 Å². The highest BCUT2D eigenvalue weighted by Crippen LogP contribution is 2.20. The number of hydrogen-bond donors (Lipinski definition) is 1. The number of pyridine rings is 2. The van der Waals surface area contributed by atoms with Crippen molar-refractivity contribution in [3.05, 3.63) is 78.8 Å². The van der Waals surface area contributed by atoms with Crippen LogP contribution in [0.25, 0.3) is 17.3 Å². The summed E-state index contributed by atoms with van der Waals surface area (Å²) in [5.74, 6) is 1.15. The van der Waals surface area contributed by atoms with Crippen molar-refractivity contribution < 1.29 is 9.21 Å². The average Bonchev–Trinajstić information content (AvgIpc) is 3.36. The van der Waals surface area contributed by atoms with Crippen molar-refractivity contribution in [1.82, 2.24) is 19.5 Å². The number of nitrogens with zero attached hydrogens (tertiary/aromatic N) is 4. The van der Waals surface area contributed by atoms with E-state index >= 15 is 0 Å². The van der Waals surface area contributed by atoms with Gasteiger partial charge in [0.2, 0.25) is 0 Å². The number of carbonyl (C=O) groups is 1. The van der Waals surface area contributed by atoms with Crippen molar-refractivity contribution in [3.63, 3.8) is 0 Å². The monoisotopic (exact) mass is 345 g/mol. The van der Waals surface area contributed by atoms with Gasteiger partial charge in [-0.1, -0.05) is 0 Å².